The number of ketones is 1. The number of hydrogen-bond acceptors (Lipinski definition) is 14. The van der Waals surface area contributed by atoms with Crippen molar-refractivity contribution in [2.24, 2.45) is 0 Å². The lowest BCUT2D eigenvalue weighted by atomic mass is 9.97. The lowest BCUT2D eigenvalue weighted by Crippen LogP contribution is -2.63. The molecule has 242 valence electrons. The van der Waals surface area contributed by atoms with Gasteiger partial charge in [0.1, 0.15) is 24.2 Å². The molecule has 14 nitrogen and oxygen atoms in total. The fourth-order valence-electron chi connectivity index (χ4n) is 5.04. The average molecular weight is 631 g/mol. The van der Waals surface area contributed by atoms with E-state index in [0.29, 0.717) is 17.1 Å². The summed E-state index contributed by atoms with van der Waals surface area (Å²) in [5, 5.41) is 11.2. The van der Waals surface area contributed by atoms with Crippen LogP contribution in [0.15, 0.2) is 30.3 Å². The molecule has 2 aromatic rings. The maximum atomic E-state index is 13.2. The van der Waals surface area contributed by atoms with Crippen LogP contribution >= 0.6 is 0 Å². The second kappa shape index (κ2) is 14.3. The van der Waals surface area contributed by atoms with Gasteiger partial charge in [-0.15, -0.1) is 0 Å². The van der Waals surface area contributed by atoms with Crippen LogP contribution < -0.4 is 14.2 Å². The molecule has 1 N–H and O–H groups in total. The number of hydrogen-bond donors (Lipinski definition) is 1. The van der Waals surface area contributed by atoms with Gasteiger partial charge in [-0.05, 0) is 36.2 Å². The molecule has 45 heavy (non-hydrogen) atoms. The Labute approximate surface area is 258 Å². The first-order chi connectivity index (χ1) is 21.4. The minimum atomic E-state index is -1.51. The highest BCUT2D eigenvalue weighted by Gasteiger charge is 2.53. The number of carbonyl (C=O) groups is 5. The first-order valence-electron chi connectivity index (χ1n) is 14.1. The van der Waals surface area contributed by atoms with Crippen molar-refractivity contribution in [2.45, 2.75) is 78.2 Å². The summed E-state index contributed by atoms with van der Waals surface area (Å²) in [5.41, 5.74) is 0.928. The summed E-state index contributed by atoms with van der Waals surface area (Å²) in [6.45, 7) is 5.87. The largest absolute Gasteiger partial charge is 0.507 e. The van der Waals surface area contributed by atoms with E-state index in [9.17, 15) is 29.1 Å². The molecule has 2 heterocycles. The quantitative estimate of drug-likeness (QED) is 0.217. The number of benzene rings is 2. The van der Waals surface area contributed by atoms with E-state index in [-0.39, 0.29) is 48.0 Å². The first-order valence-corrected chi connectivity index (χ1v) is 14.1. The molecule has 5 atom stereocenters. The second-order valence-corrected chi connectivity index (χ2v) is 10.3. The lowest BCUT2D eigenvalue weighted by molar-refractivity contribution is -0.288. The van der Waals surface area contributed by atoms with Gasteiger partial charge in [-0.1, -0.05) is 13.0 Å². The summed E-state index contributed by atoms with van der Waals surface area (Å²) in [7, 11) is 0. The van der Waals surface area contributed by atoms with Gasteiger partial charge in [0.05, 0.1) is 5.56 Å². The number of fused-ring (bicyclic) bond motifs is 1. The van der Waals surface area contributed by atoms with E-state index < -0.39 is 61.2 Å². The molecule has 0 amide bonds. The van der Waals surface area contributed by atoms with Crippen LogP contribution in [0.2, 0.25) is 0 Å². The topological polar surface area (TPSA) is 179 Å². The molecule has 0 saturated carbocycles. The number of Topliss-reactive ketones (excluding diaryl/α,β-unsaturated/α-hetero) is 1. The Balaban J connectivity index is 1.65. The van der Waals surface area contributed by atoms with Gasteiger partial charge in [0.15, 0.2) is 29.5 Å². The zero-order valence-corrected chi connectivity index (χ0v) is 25.4. The monoisotopic (exact) mass is 630 g/mol. The maximum Gasteiger partial charge on any atom is 0.303 e. The van der Waals surface area contributed by atoms with Crippen LogP contribution in [0, 0.1) is 0 Å². The smallest absolute Gasteiger partial charge is 0.303 e. The van der Waals surface area contributed by atoms with Crippen molar-refractivity contribution in [2.75, 3.05) is 13.4 Å². The Morgan fingerprint density at radius 2 is 1.47 bits per heavy atom. The average Bonchev–Trinajstić information content (AvgIpc) is 3.42. The van der Waals surface area contributed by atoms with Crippen LogP contribution in [0.1, 0.15) is 56.1 Å². The normalized spacial score (nSPS) is 21.8. The van der Waals surface area contributed by atoms with Gasteiger partial charge in [-0.3, -0.25) is 24.0 Å². The maximum absolute atomic E-state index is 13.2. The Hall–Kier alpha value is -4.85. The molecule has 4 rings (SSSR count). The van der Waals surface area contributed by atoms with E-state index in [1.165, 1.54) is 12.1 Å². The van der Waals surface area contributed by atoms with E-state index in [2.05, 4.69) is 0 Å². The number of aromatic hydroxyl groups is 1. The molecule has 0 aromatic heterocycles. The molecule has 14 heteroatoms. The summed E-state index contributed by atoms with van der Waals surface area (Å²) < 4.78 is 44.1. The summed E-state index contributed by atoms with van der Waals surface area (Å²) >= 11 is 0. The van der Waals surface area contributed by atoms with Gasteiger partial charge in [0.25, 0.3) is 0 Å². The summed E-state index contributed by atoms with van der Waals surface area (Å²) in [4.78, 5) is 61.0. The van der Waals surface area contributed by atoms with E-state index >= 15 is 0 Å². The van der Waals surface area contributed by atoms with Crippen molar-refractivity contribution in [1.82, 2.24) is 0 Å². The van der Waals surface area contributed by atoms with Crippen LogP contribution in [0.5, 0.6) is 23.0 Å². The number of phenolic OH excluding ortho intramolecular Hbond substituents is 1. The summed E-state index contributed by atoms with van der Waals surface area (Å²) in [6, 6.07) is 7.95. The van der Waals surface area contributed by atoms with Crippen molar-refractivity contribution in [1.29, 1.82) is 0 Å². The lowest BCUT2D eigenvalue weighted by Gasteiger charge is -2.44. The van der Waals surface area contributed by atoms with E-state index in [1.54, 1.807) is 25.1 Å². The van der Waals surface area contributed by atoms with Crippen LogP contribution in [-0.4, -0.2) is 78.9 Å². The van der Waals surface area contributed by atoms with Crippen LogP contribution in [0.25, 0.3) is 0 Å². The highest BCUT2D eigenvalue weighted by Crippen LogP contribution is 2.37. The van der Waals surface area contributed by atoms with Crippen LogP contribution in [-0.2, 0) is 55.7 Å². The Morgan fingerprint density at radius 1 is 0.822 bits per heavy atom. The molecule has 1 saturated heterocycles. The Bertz CT molecular complexity index is 1470. The van der Waals surface area contributed by atoms with Crippen molar-refractivity contribution in [3.63, 3.8) is 0 Å². The SMILES string of the molecule is CCc1c(O[C@@H]2O[C@H](COC(C)=O)[C@H](OC(C)=O)[C@H](OC(C)=O)[C@@H]2OC(C)=O)ccc(C(=O)Cc2ccc3c(c2)OCO3)c1O. The van der Waals surface area contributed by atoms with E-state index in [0.717, 1.165) is 27.7 Å². The van der Waals surface area contributed by atoms with Crippen molar-refractivity contribution in [3.8, 4) is 23.0 Å². The van der Waals surface area contributed by atoms with Gasteiger partial charge in [0, 0.05) is 39.7 Å². The molecule has 0 spiro atoms. The highest BCUT2D eigenvalue weighted by atomic mass is 16.7. The molecular weight excluding hydrogens is 596 g/mol. The molecule has 2 aromatic carbocycles. The van der Waals surface area contributed by atoms with Crippen molar-refractivity contribution >= 4 is 29.7 Å². The van der Waals surface area contributed by atoms with Gasteiger partial charge in [-0.2, -0.15) is 0 Å². The fourth-order valence-corrected chi connectivity index (χ4v) is 5.04. The second-order valence-electron chi connectivity index (χ2n) is 10.3. The van der Waals surface area contributed by atoms with Gasteiger partial charge in [0.2, 0.25) is 19.2 Å². The third-order valence-corrected chi connectivity index (χ3v) is 6.89. The highest BCUT2D eigenvalue weighted by molar-refractivity contribution is 6.00. The number of carbonyl (C=O) groups excluding carboxylic acids is 5. The van der Waals surface area contributed by atoms with E-state index in [1.807, 2.05) is 0 Å². The van der Waals surface area contributed by atoms with Crippen LogP contribution in [0.3, 0.4) is 0 Å². The molecule has 0 radical (unpaired) electrons. The Morgan fingerprint density at radius 3 is 2.11 bits per heavy atom. The molecule has 2 aliphatic heterocycles. The molecule has 0 bridgehead atoms. The molecular formula is C31H34O14. The standard InChI is InChI=1S/C31H34O14/c1-6-20-23(10-8-21(27(20)37)22(36)11-19-7-9-24-25(12-19)40-14-39-24)44-31-30(43-18(5)35)29(42-17(4)34)28(41-16(3)33)26(45-31)13-38-15(2)32/h7-10,12,26,28-31,37H,6,11,13-14H2,1-5H3/t26-,28+,29+,30+,31-/m1/s1. The number of esters is 4. The zero-order chi connectivity index (χ0) is 32.8. The van der Waals surface area contributed by atoms with Gasteiger partial charge < -0.3 is 43.0 Å². The third-order valence-electron chi connectivity index (χ3n) is 6.89. The molecule has 2 aliphatic rings. The van der Waals surface area contributed by atoms with Crippen molar-refractivity contribution in [3.05, 3.63) is 47.0 Å². The Kier molecular flexibility index (Phi) is 10.5. The predicted molar refractivity (Wildman–Crippen MR) is 151 cm³/mol. The zero-order valence-electron chi connectivity index (χ0n) is 25.4. The van der Waals surface area contributed by atoms with Gasteiger partial charge in [-0.25, -0.2) is 0 Å². The third kappa shape index (κ3) is 8.01. The fraction of sp³-hybridized carbons (Fsp3) is 0.452. The number of rotatable bonds is 11. The van der Waals surface area contributed by atoms with Gasteiger partial charge >= 0.3 is 23.9 Å². The summed E-state index contributed by atoms with van der Waals surface area (Å²) in [5.74, 6) is -2.56. The number of ether oxygens (including phenoxy) is 8. The van der Waals surface area contributed by atoms with Crippen molar-refractivity contribution < 1.29 is 67.0 Å². The minimum Gasteiger partial charge on any atom is -0.507 e. The molecule has 0 unspecified atom stereocenters. The molecule has 0 aliphatic carbocycles. The first kappa shape index (κ1) is 33.1. The minimum absolute atomic E-state index is 0.0345. The van der Waals surface area contributed by atoms with E-state index in [4.69, 9.17) is 37.9 Å². The molecule has 1 fully saturated rings. The predicted octanol–water partition coefficient (Wildman–Crippen LogP) is 2.57. The number of phenols is 1. The summed E-state index contributed by atoms with van der Waals surface area (Å²) in [6.07, 6.45) is -6.82. The van der Waals surface area contributed by atoms with Crippen LogP contribution in [0.4, 0.5) is 0 Å².